The van der Waals surface area contributed by atoms with Gasteiger partial charge >= 0.3 is 0 Å². The maximum Gasteiger partial charge on any atom is 0.148 e. The van der Waals surface area contributed by atoms with Gasteiger partial charge in [0.05, 0.1) is 24.6 Å². The van der Waals surface area contributed by atoms with Crippen LogP contribution in [-0.4, -0.2) is 65.4 Å². The van der Waals surface area contributed by atoms with E-state index in [0.717, 1.165) is 81.1 Å². The van der Waals surface area contributed by atoms with Crippen LogP contribution in [0, 0.1) is 13.8 Å². The topological polar surface area (TPSA) is 79.3 Å². The Bertz CT molecular complexity index is 778. The van der Waals surface area contributed by atoms with Crippen LogP contribution in [0.25, 0.3) is 0 Å². The molecule has 1 N–H and O–H groups in total. The second kappa shape index (κ2) is 8.04. The molecular weight excluding hydrogens is 342 g/mol. The van der Waals surface area contributed by atoms with E-state index in [1.807, 2.05) is 20.0 Å². The van der Waals surface area contributed by atoms with Gasteiger partial charge in [0.15, 0.2) is 0 Å². The fourth-order valence-corrected chi connectivity index (χ4v) is 3.65. The highest BCUT2D eigenvalue weighted by molar-refractivity contribution is 5.51. The largest absolute Gasteiger partial charge is 0.378 e. The minimum absolute atomic E-state index is 0.329. The summed E-state index contributed by atoms with van der Waals surface area (Å²) in [7, 11) is 0. The normalized spacial score (nSPS) is 20.6. The van der Waals surface area contributed by atoms with E-state index in [1.54, 1.807) is 6.33 Å². The van der Waals surface area contributed by atoms with Crippen molar-refractivity contribution in [1.82, 2.24) is 19.9 Å². The molecule has 0 amide bonds. The summed E-state index contributed by atoms with van der Waals surface area (Å²) in [4.78, 5) is 22.6. The molecule has 144 valence electrons. The molecule has 0 aliphatic carbocycles. The Kier molecular flexibility index (Phi) is 5.33. The minimum atomic E-state index is 0.329. The van der Waals surface area contributed by atoms with Gasteiger partial charge in [0.25, 0.3) is 0 Å². The molecule has 1 unspecified atom stereocenters. The molecule has 0 aromatic carbocycles. The summed E-state index contributed by atoms with van der Waals surface area (Å²) < 4.78 is 5.44. The van der Waals surface area contributed by atoms with Crippen molar-refractivity contribution in [3.8, 4) is 0 Å². The summed E-state index contributed by atoms with van der Waals surface area (Å²) in [6.45, 7) is 9.15. The van der Waals surface area contributed by atoms with Crippen molar-refractivity contribution in [2.45, 2.75) is 32.7 Å². The second-order valence-electron chi connectivity index (χ2n) is 7.21. The number of hydrogen-bond acceptors (Lipinski definition) is 8. The third-order valence-electron chi connectivity index (χ3n) is 5.14. The number of aromatic nitrogens is 4. The molecule has 2 aromatic heterocycles. The van der Waals surface area contributed by atoms with Crippen LogP contribution in [0.15, 0.2) is 18.6 Å². The summed E-state index contributed by atoms with van der Waals surface area (Å²) in [5.41, 5.74) is 1.87. The van der Waals surface area contributed by atoms with E-state index in [0.29, 0.717) is 6.04 Å². The number of nitrogens with one attached hydrogen (secondary N) is 1. The molecule has 8 nitrogen and oxygen atoms in total. The van der Waals surface area contributed by atoms with Crippen molar-refractivity contribution in [1.29, 1.82) is 0 Å². The zero-order chi connectivity index (χ0) is 18.6. The van der Waals surface area contributed by atoms with Crippen molar-refractivity contribution in [2.24, 2.45) is 0 Å². The molecule has 0 saturated carbocycles. The fraction of sp³-hybridized carbons (Fsp3) is 0.579. The van der Waals surface area contributed by atoms with Crippen molar-refractivity contribution >= 4 is 17.5 Å². The molecule has 2 fully saturated rings. The first kappa shape index (κ1) is 17.9. The Labute approximate surface area is 160 Å². The van der Waals surface area contributed by atoms with E-state index < -0.39 is 0 Å². The second-order valence-corrected chi connectivity index (χ2v) is 7.21. The molecule has 4 heterocycles. The van der Waals surface area contributed by atoms with Gasteiger partial charge in [-0.05, 0) is 26.7 Å². The average molecular weight is 369 g/mol. The Balaban J connectivity index is 1.45. The van der Waals surface area contributed by atoms with E-state index in [2.05, 4.69) is 41.1 Å². The quantitative estimate of drug-likeness (QED) is 0.874. The van der Waals surface area contributed by atoms with Crippen LogP contribution in [0.4, 0.5) is 17.5 Å². The van der Waals surface area contributed by atoms with Gasteiger partial charge in [-0.15, -0.1) is 0 Å². The highest BCUT2D eigenvalue weighted by atomic mass is 16.5. The third kappa shape index (κ3) is 4.27. The number of anilines is 3. The molecule has 0 spiro atoms. The van der Waals surface area contributed by atoms with Crippen LogP contribution in [0.1, 0.15) is 24.2 Å². The summed E-state index contributed by atoms with van der Waals surface area (Å²) in [5, 5.41) is 3.58. The van der Waals surface area contributed by atoms with Gasteiger partial charge in [0, 0.05) is 44.5 Å². The molecule has 0 radical (unpaired) electrons. The molecule has 2 saturated heterocycles. The lowest BCUT2D eigenvalue weighted by molar-refractivity contribution is 0.122. The van der Waals surface area contributed by atoms with Gasteiger partial charge in [0.2, 0.25) is 0 Å². The first-order chi connectivity index (χ1) is 13.2. The lowest BCUT2D eigenvalue weighted by Gasteiger charge is -2.35. The highest BCUT2D eigenvalue weighted by Crippen LogP contribution is 2.23. The van der Waals surface area contributed by atoms with Crippen LogP contribution in [0.3, 0.4) is 0 Å². The highest BCUT2D eigenvalue weighted by Gasteiger charge is 2.23. The number of aryl methyl sites for hydroxylation is 2. The fourth-order valence-electron chi connectivity index (χ4n) is 3.65. The summed E-state index contributed by atoms with van der Waals surface area (Å²) >= 11 is 0. The molecule has 27 heavy (non-hydrogen) atoms. The number of rotatable bonds is 4. The predicted octanol–water partition coefficient (Wildman–Crippen LogP) is 1.80. The third-order valence-corrected chi connectivity index (χ3v) is 5.14. The monoisotopic (exact) mass is 369 g/mol. The van der Waals surface area contributed by atoms with E-state index >= 15 is 0 Å². The Morgan fingerprint density at radius 3 is 2.63 bits per heavy atom. The molecule has 0 bridgehead atoms. The molecule has 2 aromatic rings. The molecule has 4 rings (SSSR count). The van der Waals surface area contributed by atoms with E-state index in [9.17, 15) is 0 Å². The predicted molar refractivity (Wildman–Crippen MR) is 105 cm³/mol. The van der Waals surface area contributed by atoms with Gasteiger partial charge in [-0.3, -0.25) is 4.98 Å². The maximum atomic E-state index is 5.44. The minimum Gasteiger partial charge on any atom is -0.378 e. The first-order valence-corrected chi connectivity index (χ1v) is 9.65. The van der Waals surface area contributed by atoms with Gasteiger partial charge in [0.1, 0.15) is 23.8 Å². The zero-order valence-electron chi connectivity index (χ0n) is 16.1. The molecule has 8 heteroatoms. The lowest BCUT2D eigenvalue weighted by atomic mass is 10.1. The van der Waals surface area contributed by atoms with E-state index in [4.69, 9.17) is 4.74 Å². The molecule has 2 aliphatic rings. The van der Waals surface area contributed by atoms with Crippen molar-refractivity contribution < 1.29 is 4.74 Å². The number of hydrogen-bond donors (Lipinski definition) is 1. The molecule has 1 atom stereocenters. The Hall–Kier alpha value is -2.48. The zero-order valence-corrected chi connectivity index (χ0v) is 16.1. The summed E-state index contributed by atoms with van der Waals surface area (Å²) in [6.07, 6.45) is 5.72. The summed E-state index contributed by atoms with van der Waals surface area (Å²) in [6, 6.07) is 2.43. The van der Waals surface area contributed by atoms with Crippen molar-refractivity contribution in [3.05, 3.63) is 30.0 Å². The average Bonchev–Trinajstić information content (AvgIpc) is 2.72. The molecular formula is C19H27N7O. The van der Waals surface area contributed by atoms with Gasteiger partial charge in [-0.2, -0.15) is 0 Å². The van der Waals surface area contributed by atoms with Crippen LogP contribution in [0.5, 0.6) is 0 Å². The summed E-state index contributed by atoms with van der Waals surface area (Å²) in [5.74, 6) is 2.86. The van der Waals surface area contributed by atoms with E-state index in [1.165, 1.54) is 0 Å². The lowest BCUT2D eigenvalue weighted by Crippen LogP contribution is -2.43. The maximum absolute atomic E-state index is 5.44. The number of piperidine rings is 1. The van der Waals surface area contributed by atoms with Crippen LogP contribution < -0.4 is 15.1 Å². The standard InChI is InChI=1S/C19H27N7O/c1-14-11-20-15(2)19(23-14)24-16-4-3-5-26(12-16)18-10-17(21-13-22-18)25-6-8-27-9-7-25/h10-11,13,16H,3-9,12H2,1-2H3,(H,23,24). The van der Waals surface area contributed by atoms with Crippen LogP contribution in [-0.2, 0) is 4.74 Å². The van der Waals surface area contributed by atoms with Crippen LogP contribution in [0.2, 0.25) is 0 Å². The number of ether oxygens (including phenoxy) is 1. The van der Waals surface area contributed by atoms with Crippen molar-refractivity contribution in [2.75, 3.05) is 54.5 Å². The van der Waals surface area contributed by atoms with Gasteiger partial charge < -0.3 is 19.9 Å². The van der Waals surface area contributed by atoms with E-state index in [-0.39, 0.29) is 0 Å². The Morgan fingerprint density at radius 2 is 1.81 bits per heavy atom. The van der Waals surface area contributed by atoms with Gasteiger partial charge in [-0.1, -0.05) is 0 Å². The van der Waals surface area contributed by atoms with Crippen LogP contribution >= 0.6 is 0 Å². The molecule has 2 aliphatic heterocycles. The SMILES string of the molecule is Cc1cnc(C)c(NC2CCCN(c3cc(N4CCOCC4)ncn3)C2)n1. The Morgan fingerprint density at radius 1 is 1.04 bits per heavy atom. The smallest absolute Gasteiger partial charge is 0.148 e. The number of morpholine rings is 1. The number of nitrogens with zero attached hydrogens (tertiary/aromatic N) is 6. The van der Waals surface area contributed by atoms with Gasteiger partial charge in [-0.25, -0.2) is 15.0 Å². The van der Waals surface area contributed by atoms with Crippen molar-refractivity contribution in [3.63, 3.8) is 0 Å². The first-order valence-electron chi connectivity index (χ1n) is 9.65.